The van der Waals surface area contributed by atoms with Crippen molar-refractivity contribution in [1.82, 2.24) is 15.0 Å². The van der Waals surface area contributed by atoms with Gasteiger partial charge in [-0.2, -0.15) is 0 Å². The quantitative estimate of drug-likeness (QED) is 0.560. The van der Waals surface area contributed by atoms with E-state index in [1.165, 1.54) is 18.0 Å². The van der Waals surface area contributed by atoms with E-state index < -0.39 is 12.0 Å². The predicted octanol–water partition coefficient (Wildman–Crippen LogP) is -1.73. The van der Waals surface area contributed by atoms with Crippen LogP contribution in [0.25, 0.3) is 0 Å². The van der Waals surface area contributed by atoms with Gasteiger partial charge in [-0.15, -0.1) is 5.10 Å². The number of methoxy groups -OCH3 is 1. The maximum absolute atomic E-state index is 10.9. The molecule has 0 radical (unpaired) electrons. The zero-order chi connectivity index (χ0) is 10.6. The highest BCUT2D eigenvalue weighted by Gasteiger charge is 2.14. The van der Waals surface area contributed by atoms with Gasteiger partial charge in [0, 0.05) is 0 Å². The Hall–Kier alpha value is -1.47. The molecule has 1 rings (SSSR count). The minimum atomic E-state index is -0.770. The molecule has 0 unspecified atom stereocenters. The van der Waals surface area contributed by atoms with Crippen LogP contribution >= 0.6 is 0 Å². The van der Waals surface area contributed by atoms with Crippen LogP contribution in [0.4, 0.5) is 0 Å². The minimum absolute atomic E-state index is 0.180. The number of aliphatic hydroxyl groups excluding tert-OH is 1. The van der Waals surface area contributed by atoms with Crippen LogP contribution in [0.15, 0.2) is 6.20 Å². The normalized spacial score (nSPS) is 12.5. The van der Waals surface area contributed by atoms with Gasteiger partial charge in [0.25, 0.3) is 0 Å². The summed E-state index contributed by atoms with van der Waals surface area (Å²) in [6.07, 6.45) is 1.52. The van der Waals surface area contributed by atoms with E-state index in [4.69, 9.17) is 10.8 Å². The van der Waals surface area contributed by atoms with Crippen LogP contribution in [-0.4, -0.2) is 39.2 Å². The van der Waals surface area contributed by atoms with Gasteiger partial charge in [0.2, 0.25) is 0 Å². The number of aromatic nitrogens is 3. The Balaban J connectivity index is 2.55. The lowest BCUT2D eigenvalue weighted by Gasteiger charge is -2.07. The van der Waals surface area contributed by atoms with E-state index in [1.807, 2.05) is 0 Å². The zero-order valence-electron chi connectivity index (χ0n) is 7.75. The first-order valence-corrected chi connectivity index (χ1v) is 4.00. The van der Waals surface area contributed by atoms with E-state index in [0.29, 0.717) is 5.69 Å². The molecule has 1 atom stereocenters. The second-order valence-electron chi connectivity index (χ2n) is 2.72. The van der Waals surface area contributed by atoms with Crippen LogP contribution in [0.5, 0.6) is 0 Å². The number of nitrogens with zero attached hydrogens (tertiary/aromatic N) is 3. The van der Waals surface area contributed by atoms with Gasteiger partial charge in [-0.05, 0) is 0 Å². The van der Waals surface area contributed by atoms with E-state index in [1.54, 1.807) is 0 Å². The molecule has 0 aromatic carbocycles. The van der Waals surface area contributed by atoms with Gasteiger partial charge in [-0.3, -0.25) is 9.48 Å². The number of hydrogen-bond donors (Lipinski definition) is 2. The topological polar surface area (TPSA) is 103 Å². The van der Waals surface area contributed by atoms with Gasteiger partial charge in [0.1, 0.15) is 11.7 Å². The molecule has 0 amide bonds. The van der Waals surface area contributed by atoms with Gasteiger partial charge in [0.05, 0.1) is 26.5 Å². The largest absolute Gasteiger partial charge is 0.468 e. The fourth-order valence-electron chi connectivity index (χ4n) is 0.928. The van der Waals surface area contributed by atoms with Crippen molar-refractivity contribution in [2.75, 3.05) is 7.11 Å². The molecule has 1 heterocycles. The Kier molecular flexibility index (Phi) is 3.55. The lowest BCUT2D eigenvalue weighted by atomic mass is 10.3. The monoisotopic (exact) mass is 200 g/mol. The first-order valence-electron chi connectivity index (χ1n) is 4.00. The third-order valence-corrected chi connectivity index (χ3v) is 1.64. The van der Waals surface area contributed by atoms with Gasteiger partial charge >= 0.3 is 5.97 Å². The van der Waals surface area contributed by atoms with Crippen molar-refractivity contribution in [2.24, 2.45) is 5.73 Å². The smallest absolute Gasteiger partial charge is 0.324 e. The molecule has 3 N–H and O–H groups in total. The highest BCUT2D eigenvalue weighted by atomic mass is 16.5. The summed E-state index contributed by atoms with van der Waals surface area (Å²) in [5.41, 5.74) is 5.92. The molecule has 14 heavy (non-hydrogen) atoms. The zero-order valence-corrected chi connectivity index (χ0v) is 7.75. The van der Waals surface area contributed by atoms with Crippen molar-refractivity contribution in [1.29, 1.82) is 0 Å². The van der Waals surface area contributed by atoms with Crippen molar-refractivity contribution >= 4 is 5.97 Å². The highest BCUT2D eigenvalue weighted by Crippen LogP contribution is 1.94. The Morgan fingerprint density at radius 3 is 3.07 bits per heavy atom. The molecule has 0 fully saturated rings. The molecule has 1 aromatic rings. The van der Waals surface area contributed by atoms with E-state index >= 15 is 0 Å². The standard InChI is InChI=1S/C7H12N4O3/c1-14-7(13)6(8)3-11-2-5(4-12)9-10-11/h2,6,12H,3-4,8H2,1H3/t6-/m1/s1. The van der Waals surface area contributed by atoms with E-state index in [0.717, 1.165) is 0 Å². The summed E-state index contributed by atoms with van der Waals surface area (Å²) < 4.78 is 5.82. The molecule has 1 aromatic heterocycles. The van der Waals surface area contributed by atoms with Crippen molar-refractivity contribution < 1.29 is 14.6 Å². The SMILES string of the molecule is COC(=O)[C@H](N)Cn1cc(CO)nn1. The first-order chi connectivity index (χ1) is 6.67. The fourth-order valence-corrected chi connectivity index (χ4v) is 0.928. The summed E-state index contributed by atoms with van der Waals surface area (Å²) in [6, 6.07) is -0.770. The molecule has 7 nitrogen and oxygen atoms in total. The molecule has 0 aliphatic rings. The third kappa shape index (κ3) is 2.51. The van der Waals surface area contributed by atoms with Crippen molar-refractivity contribution in [3.63, 3.8) is 0 Å². The van der Waals surface area contributed by atoms with E-state index in [2.05, 4.69) is 15.0 Å². The van der Waals surface area contributed by atoms with Crippen LogP contribution in [0.1, 0.15) is 5.69 Å². The second kappa shape index (κ2) is 4.68. The van der Waals surface area contributed by atoms with Crippen LogP contribution < -0.4 is 5.73 Å². The number of aliphatic hydroxyl groups is 1. The summed E-state index contributed by atoms with van der Waals surface area (Å²) in [6.45, 7) is -0.00681. The molecule has 0 aliphatic carbocycles. The number of hydrogen-bond acceptors (Lipinski definition) is 6. The number of ether oxygens (including phenoxy) is 1. The Morgan fingerprint density at radius 2 is 2.57 bits per heavy atom. The Bertz CT molecular complexity index is 312. The molecule has 0 aliphatic heterocycles. The average Bonchev–Trinajstić information content (AvgIpc) is 2.64. The highest BCUT2D eigenvalue weighted by molar-refractivity contribution is 5.75. The number of rotatable bonds is 4. The Labute approximate surface area is 80.5 Å². The van der Waals surface area contributed by atoms with Crippen LogP contribution in [0.3, 0.4) is 0 Å². The van der Waals surface area contributed by atoms with Gasteiger partial charge in [-0.25, -0.2) is 0 Å². The molecular weight excluding hydrogens is 188 g/mol. The number of carbonyl (C=O) groups excluding carboxylic acids is 1. The van der Waals surface area contributed by atoms with Crippen LogP contribution in [-0.2, 0) is 22.7 Å². The van der Waals surface area contributed by atoms with Gasteiger partial charge in [-0.1, -0.05) is 5.21 Å². The molecule has 0 spiro atoms. The summed E-state index contributed by atoms with van der Waals surface area (Å²) in [5, 5.41) is 16.0. The van der Waals surface area contributed by atoms with Crippen LogP contribution in [0, 0.1) is 0 Å². The molecule has 0 bridgehead atoms. The lowest BCUT2D eigenvalue weighted by Crippen LogP contribution is -2.36. The number of carbonyl (C=O) groups is 1. The van der Waals surface area contributed by atoms with Crippen molar-refractivity contribution in [3.8, 4) is 0 Å². The number of nitrogens with two attached hydrogens (primary N) is 1. The van der Waals surface area contributed by atoms with Crippen molar-refractivity contribution in [3.05, 3.63) is 11.9 Å². The molecule has 7 heteroatoms. The second-order valence-corrected chi connectivity index (χ2v) is 2.72. The molecular formula is C7H12N4O3. The van der Waals surface area contributed by atoms with E-state index in [-0.39, 0.29) is 13.2 Å². The average molecular weight is 200 g/mol. The number of esters is 1. The maximum Gasteiger partial charge on any atom is 0.324 e. The maximum atomic E-state index is 10.9. The van der Waals surface area contributed by atoms with E-state index in [9.17, 15) is 4.79 Å². The molecule has 0 saturated carbocycles. The van der Waals surface area contributed by atoms with Gasteiger partial charge < -0.3 is 15.6 Å². The summed E-state index contributed by atoms with van der Waals surface area (Å²) in [5.74, 6) is -0.508. The Morgan fingerprint density at radius 1 is 1.86 bits per heavy atom. The predicted molar refractivity (Wildman–Crippen MR) is 45.9 cm³/mol. The minimum Gasteiger partial charge on any atom is -0.468 e. The summed E-state index contributed by atoms with van der Waals surface area (Å²) in [4.78, 5) is 10.9. The fraction of sp³-hybridized carbons (Fsp3) is 0.571. The molecule has 78 valence electrons. The van der Waals surface area contributed by atoms with Gasteiger partial charge in [0.15, 0.2) is 0 Å². The molecule has 0 saturated heterocycles. The third-order valence-electron chi connectivity index (χ3n) is 1.64. The first kappa shape index (κ1) is 10.6. The van der Waals surface area contributed by atoms with Crippen LogP contribution in [0.2, 0.25) is 0 Å². The summed E-state index contributed by atoms with van der Waals surface area (Å²) in [7, 11) is 1.27. The summed E-state index contributed by atoms with van der Waals surface area (Å²) >= 11 is 0. The van der Waals surface area contributed by atoms with Crippen molar-refractivity contribution in [2.45, 2.75) is 19.2 Å². The lowest BCUT2D eigenvalue weighted by molar-refractivity contribution is -0.142.